The molecule has 1 saturated heterocycles. The van der Waals surface area contributed by atoms with Gasteiger partial charge in [-0.2, -0.15) is 0 Å². The van der Waals surface area contributed by atoms with Gasteiger partial charge in [0.2, 0.25) is 0 Å². The predicted molar refractivity (Wildman–Crippen MR) is 39.7 cm³/mol. The highest BCUT2D eigenvalue weighted by Gasteiger charge is 2.39. The molecule has 0 unspecified atom stereocenters. The van der Waals surface area contributed by atoms with Crippen LogP contribution in [0.15, 0.2) is 0 Å². The molecule has 0 aromatic rings. The Morgan fingerprint density at radius 2 is 1.70 bits per heavy atom. The van der Waals surface area contributed by atoms with Crippen LogP contribution < -0.4 is 0 Å². The fourth-order valence-electron chi connectivity index (χ4n) is 2.43. The molecule has 2 rings (SSSR count). The monoisotopic (exact) mass is 141 g/mol. The Labute approximate surface area is 61.8 Å². The summed E-state index contributed by atoms with van der Waals surface area (Å²) in [5, 5.41) is 9.60. The van der Waals surface area contributed by atoms with E-state index in [0.29, 0.717) is 11.8 Å². The minimum absolute atomic E-state index is 0.0243. The lowest BCUT2D eigenvalue weighted by Gasteiger charge is -2.32. The molecule has 2 nitrogen and oxygen atoms in total. The van der Waals surface area contributed by atoms with Crippen molar-refractivity contribution in [1.82, 2.24) is 4.90 Å². The number of hydrogen-bond acceptors (Lipinski definition) is 2. The third-order valence-electron chi connectivity index (χ3n) is 2.97. The van der Waals surface area contributed by atoms with Crippen molar-refractivity contribution in [3.8, 4) is 0 Å². The molecule has 2 aliphatic rings. The van der Waals surface area contributed by atoms with E-state index in [1.165, 1.54) is 12.8 Å². The molecule has 2 fully saturated rings. The summed E-state index contributed by atoms with van der Waals surface area (Å²) in [7, 11) is 2.15. The topological polar surface area (TPSA) is 23.5 Å². The van der Waals surface area contributed by atoms with E-state index in [4.69, 9.17) is 0 Å². The van der Waals surface area contributed by atoms with E-state index in [9.17, 15) is 5.11 Å². The Morgan fingerprint density at radius 3 is 2.20 bits per heavy atom. The van der Waals surface area contributed by atoms with Crippen LogP contribution in [0, 0.1) is 11.8 Å². The van der Waals surface area contributed by atoms with E-state index in [1.807, 2.05) is 0 Å². The number of piperidine rings is 1. The van der Waals surface area contributed by atoms with Gasteiger partial charge in [0.15, 0.2) is 0 Å². The van der Waals surface area contributed by atoms with Crippen molar-refractivity contribution in [1.29, 1.82) is 0 Å². The first-order valence-electron chi connectivity index (χ1n) is 4.14. The van der Waals surface area contributed by atoms with Crippen LogP contribution in [0.3, 0.4) is 0 Å². The average molecular weight is 141 g/mol. The van der Waals surface area contributed by atoms with Gasteiger partial charge in [0.25, 0.3) is 0 Å². The van der Waals surface area contributed by atoms with Gasteiger partial charge in [-0.3, -0.25) is 0 Å². The van der Waals surface area contributed by atoms with Crippen molar-refractivity contribution in [2.24, 2.45) is 11.8 Å². The molecule has 0 amide bonds. The van der Waals surface area contributed by atoms with E-state index in [2.05, 4.69) is 11.9 Å². The lowest BCUT2D eigenvalue weighted by Crippen LogP contribution is -2.42. The van der Waals surface area contributed by atoms with Gasteiger partial charge >= 0.3 is 0 Å². The van der Waals surface area contributed by atoms with Crippen molar-refractivity contribution >= 4 is 0 Å². The molecular weight excluding hydrogens is 126 g/mol. The molecule has 0 radical (unpaired) electrons. The van der Waals surface area contributed by atoms with E-state index in [1.54, 1.807) is 0 Å². The number of aliphatic hydroxyl groups is 1. The summed E-state index contributed by atoms with van der Waals surface area (Å²) in [6.07, 6.45) is 2.52. The zero-order valence-corrected chi connectivity index (χ0v) is 6.45. The maximum Gasteiger partial charge on any atom is 0.0620 e. The Balaban J connectivity index is 2.09. The third kappa shape index (κ3) is 0.867. The summed E-state index contributed by atoms with van der Waals surface area (Å²) in [4.78, 5) is 2.34. The molecule has 10 heavy (non-hydrogen) atoms. The van der Waals surface area contributed by atoms with Gasteiger partial charge in [0.05, 0.1) is 6.10 Å². The summed E-state index contributed by atoms with van der Waals surface area (Å²) in [5.41, 5.74) is 0. The van der Waals surface area contributed by atoms with Crippen LogP contribution in [0.2, 0.25) is 0 Å². The molecular formula is C8H15NO. The first-order valence-corrected chi connectivity index (χ1v) is 4.14. The minimum atomic E-state index is 0.0243. The molecule has 0 aromatic heterocycles. The number of aliphatic hydroxyl groups excluding tert-OH is 1. The zero-order valence-electron chi connectivity index (χ0n) is 6.45. The van der Waals surface area contributed by atoms with Crippen molar-refractivity contribution in [2.75, 3.05) is 20.1 Å². The van der Waals surface area contributed by atoms with Crippen LogP contribution in [0.25, 0.3) is 0 Å². The summed E-state index contributed by atoms with van der Waals surface area (Å²) in [6, 6.07) is 0. The van der Waals surface area contributed by atoms with Crippen molar-refractivity contribution in [2.45, 2.75) is 18.9 Å². The highest BCUT2D eigenvalue weighted by atomic mass is 16.3. The number of rotatable bonds is 0. The van der Waals surface area contributed by atoms with Crippen LogP contribution in [-0.4, -0.2) is 36.2 Å². The number of nitrogens with zero attached hydrogens (tertiary/aromatic N) is 1. The summed E-state index contributed by atoms with van der Waals surface area (Å²) in [5.74, 6) is 1.17. The summed E-state index contributed by atoms with van der Waals surface area (Å²) >= 11 is 0. The van der Waals surface area contributed by atoms with Crippen LogP contribution >= 0.6 is 0 Å². The van der Waals surface area contributed by atoms with Crippen molar-refractivity contribution in [3.63, 3.8) is 0 Å². The fraction of sp³-hybridized carbons (Fsp3) is 1.00. The van der Waals surface area contributed by atoms with E-state index < -0.39 is 0 Å². The first-order chi connectivity index (χ1) is 4.77. The number of likely N-dealkylation sites (tertiary alicyclic amines) is 1. The largest absolute Gasteiger partial charge is 0.392 e. The van der Waals surface area contributed by atoms with Crippen LogP contribution in [0.5, 0.6) is 0 Å². The molecule has 1 aliphatic carbocycles. The molecule has 1 aliphatic heterocycles. The minimum Gasteiger partial charge on any atom is -0.392 e. The highest BCUT2D eigenvalue weighted by molar-refractivity contribution is 4.91. The normalized spacial score (nSPS) is 48.0. The van der Waals surface area contributed by atoms with Gasteiger partial charge in [0, 0.05) is 13.1 Å². The maximum atomic E-state index is 9.60. The standard InChI is InChI=1S/C8H15NO/c1-9-4-6-2-3-7(5-9)8(6)10/h6-8,10H,2-5H2,1H3/t6-,7-/m1/s1. The lowest BCUT2D eigenvalue weighted by atomic mass is 9.96. The first kappa shape index (κ1) is 6.62. The summed E-state index contributed by atoms with van der Waals surface area (Å²) < 4.78 is 0. The second-order valence-corrected chi connectivity index (χ2v) is 3.81. The zero-order chi connectivity index (χ0) is 7.14. The fourth-order valence-corrected chi connectivity index (χ4v) is 2.43. The van der Waals surface area contributed by atoms with Crippen LogP contribution in [-0.2, 0) is 0 Å². The lowest BCUT2D eigenvalue weighted by molar-refractivity contribution is 0.0265. The predicted octanol–water partition coefficient (Wildman–Crippen LogP) is 0.319. The molecule has 2 bridgehead atoms. The second-order valence-electron chi connectivity index (χ2n) is 3.81. The van der Waals surface area contributed by atoms with Gasteiger partial charge in [-0.05, 0) is 31.7 Å². The van der Waals surface area contributed by atoms with Gasteiger partial charge < -0.3 is 10.0 Å². The van der Waals surface area contributed by atoms with E-state index >= 15 is 0 Å². The SMILES string of the molecule is CN1C[C@H]2CC[C@H](C1)C2O. The van der Waals surface area contributed by atoms with Crippen molar-refractivity contribution in [3.05, 3.63) is 0 Å². The van der Waals surface area contributed by atoms with E-state index in [-0.39, 0.29) is 6.10 Å². The van der Waals surface area contributed by atoms with Gasteiger partial charge in [-0.1, -0.05) is 0 Å². The second kappa shape index (κ2) is 2.21. The smallest absolute Gasteiger partial charge is 0.0620 e. The molecule has 2 heteroatoms. The Hall–Kier alpha value is -0.0800. The molecule has 58 valence electrons. The molecule has 0 aromatic carbocycles. The Bertz CT molecular complexity index is 123. The average Bonchev–Trinajstić information content (AvgIpc) is 2.20. The number of fused-ring (bicyclic) bond motifs is 2. The number of hydrogen-bond donors (Lipinski definition) is 1. The van der Waals surface area contributed by atoms with Crippen LogP contribution in [0.1, 0.15) is 12.8 Å². The third-order valence-corrected chi connectivity index (χ3v) is 2.97. The molecule has 0 spiro atoms. The van der Waals surface area contributed by atoms with Crippen molar-refractivity contribution < 1.29 is 5.11 Å². The van der Waals surface area contributed by atoms with Crippen LogP contribution in [0.4, 0.5) is 0 Å². The van der Waals surface area contributed by atoms with Gasteiger partial charge in [-0.25, -0.2) is 0 Å². The van der Waals surface area contributed by atoms with Gasteiger partial charge in [0.1, 0.15) is 0 Å². The Morgan fingerprint density at radius 1 is 1.20 bits per heavy atom. The molecule has 1 saturated carbocycles. The molecule has 1 N–H and O–H groups in total. The summed E-state index contributed by atoms with van der Waals surface area (Å²) in [6.45, 7) is 2.22. The van der Waals surface area contributed by atoms with E-state index in [0.717, 1.165) is 13.1 Å². The molecule has 2 atom stereocenters. The van der Waals surface area contributed by atoms with Gasteiger partial charge in [-0.15, -0.1) is 0 Å². The maximum absolute atomic E-state index is 9.60. The Kier molecular flexibility index (Phi) is 1.46. The molecule has 1 heterocycles. The quantitative estimate of drug-likeness (QED) is 0.525. The highest BCUT2D eigenvalue weighted by Crippen LogP contribution is 2.35.